The van der Waals surface area contributed by atoms with Gasteiger partial charge in [0.25, 0.3) is 5.91 Å². The third-order valence-electron chi connectivity index (χ3n) is 3.12. The number of hydrogen-bond acceptors (Lipinski definition) is 5. The van der Waals surface area contributed by atoms with E-state index >= 15 is 0 Å². The summed E-state index contributed by atoms with van der Waals surface area (Å²) in [6, 6.07) is 16.1. The molecule has 22 heavy (non-hydrogen) atoms. The van der Waals surface area contributed by atoms with Gasteiger partial charge in [0.1, 0.15) is 5.75 Å². The first-order valence-corrected chi connectivity index (χ1v) is 6.61. The minimum atomic E-state index is -0.296. The minimum absolute atomic E-state index is 0.284. The van der Waals surface area contributed by atoms with Gasteiger partial charge in [-0.1, -0.05) is 30.3 Å². The van der Waals surface area contributed by atoms with Crippen LogP contribution in [0.3, 0.4) is 0 Å². The molecule has 3 aromatic rings. The van der Waals surface area contributed by atoms with Crippen LogP contribution in [0.25, 0.3) is 11.3 Å². The number of anilines is 1. The van der Waals surface area contributed by atoms with Crippen molar-refractivity contribution in [3.05, 3.63) is 60.2 Å². The number of carbonyl (C=O) groups excluding carboxylic acids is 1. The molecule has 0 bridgehead atoms. The van der Waals surface area contributed by atoms with Crippen LogP contribution in [0.5, 0.6) is 5.75 Å². The number of methoxy groups -OCH3 is 1. The topological polar surface area (TPSA) is 77.2 Å². The fourth-order valence-electron chi connectivity index (χ4n) is 1.98. The van der Waals surface area contributed by atoms with Gasteiger partial charge in [0.05, 0.1) is 7.11 Å². The minimum Gasteiger partial charge on any atom is -0.497 e. The van der Waals surface area contributed by atoms with E-state index in [0.717, 1.165) is 5.56 Å². The van der Waals surface area contributed by atoms with Crippen molar-refractivity contribution in [2.24, 2.45) is 0 Å². The van der Waals surface area contributed by atoms with Gasteiger partial charge in [-0.05, 0) is 34.6 Å². The van der Waals surface area contributed by atoms with Gasteiger partial charge in [0.2, 0.25) is 5.82 Å². The first-order chi connectivity index (χ1) is 10.8. The zero-order chi connectivity index (χ0) is 15.4. The molecule has 0 saturated carbocycles. The molecule has 0 aliphatic rings. The van der Waals surface area contributed by atoms with E-state index in [-0.39, 0.29) is 11.7 Å². The summed E-state index contributed by atoms with van der Waals surface area (Å²) < 4.78 is 9.80. The van der Waals surface area contributed by atoms with E-state index in [1.807, 2.05) is 30.3 Å². The number of carbonyl (C=O) groups is 1. The number of aromatic nitrogens is 2. The lowest BCUT2D eigenvalue weighted by molar-refractivity contribution is 0.102. The molecule has 6 nitrogen and oxygen atoms in total. The molecule has 3 rings (SSSR count). The Hall–Kier alpha value is -3.15. The molecular formula is C16H13N3O3. The van der Waals surface area contributed by atoms with Gasteiger partial charge in [-0.2, -0.15) is 0 Å². The second-order valence-corrected chi connectivity index (χ2v) is 4.51. The molecule has 2 aromatic carbocycles. The van der Waals surface area contributed by atoms with E-state index in [4.69, 9.17) is 9.37 Å². The summed E-state index contributed by atoms with van der Waals surface area (Å²) in [7, 11) is 1.57. The molecule has 0 fully saturated rings. The first kappa shape index (κ1) is 13.8. The molecule has 1 amide bonds. The molecule has 110 valence electrons. The van der Waals surface area contributed by atoms with Crippen molar-refractivity contribution in [2.45, 2.75) is 0 Å². The van der Waals surface area contributed by atoms with Crippen molar-refractivity contribution in [3.63, 3.8) is 0 Å². The Bertz CT molecular complexity index is 767. The molecule has 0 radical (unpaired) electrons. The maximum absolute atomic E-state index is 12.2. The summed E-state index contributed by atoms with van der Waals surface area (Å²) in [4.78, 5) is 12.2. The van der Waals surface area contributed by atoms with Crippen LogP contribution >= 0.6 is 0 Å². The van der Waals surface area contributed by atoms with Crippen molar-refractivity contribution in [2.75, 3.05) is 12.4 Å². The van der Waals surface area contributed by atoms with Crippen LogP contribution in [0.4, 0.5) is 5.82 Å². The van der Waals surface area contributed by atoms with Crippen LogP contribution in [-0.2, 0) is 0 Å². The van der Waals surface area contributed by atoms with Gasteiger partial charge in [-0.3, -0.25) is 4.79 Å². The third kappa shape index (κ3) is 2.80. The van der Waals surface area contributed by atoms with Crippen LogP contribution in [-0.4, -0.2) is 23.3 Å². The standard InChI is InChI=1S/C16H13N3O3/c1-21-13-9-7-12(8-10-13)16(20)17-15-14(18-22-19-15)11-5-3-2-4-6-11/h2-10H,1H3,(H,17,19,20). The molecular weight excluding hydrogens is 282 g/mol. The average molecular weight is 295 g/mol. The number of amides is 1. The van der Waals surface area contributed by atoms with Gasteiger partial charge in [-0.25, -0.2) is 4.63 Å². The maximum atomic E-state index is 12.2. The lowest BCUT2D eigenvalue weighted by Crippen LogP contribution is -2.12. The number of rotatable bonds is 4. The van der Waals surface area contributed by atoms with Crippen LogP contribution in [0, 0.1) is 0 Å². The van der Waals surface area contributed by atoms with Crippen molar-refractivity contribution in [1.29, 1.82) is 0 Å². The van der Waals surface area contributed by atoms with Crippen molar-refractivity contribution in [3.8, 4) is 17.0 Å². The number of ether oxygens (including phenoxy) is 1. The van der Waals surface area contributed by atoms with E-state index in [9.17, 15) is 4.79 Å². The highest BCUT2D eigenvalue weighted by molar-refractivity contribution is 6.05. The molecule has 1 heterocycles. The van der Waals surface area contributed by atoms with Gasteiger partial charge in [0, 0.05) is 11.1 Å². The molecule has 0 aliphatic heterocycles. The second-order valence-electron chi connectivity index (χ2n) is 4.51. The summed E-state index contributed by atoms with van der Waals surface area (Å²) in [5, 5.41) is 10.3. The molecule has 0 unspecified atom stereocenters. The Morgan fingerprint density at radius 2 is 1.77 bits per heavy atom. The van der Waals surface area contributed by atoms with E-state index in [1.54, 1.807) is 31.4 Å². The third-order valence-corrected chi connectivity index (χ3v) is 3.12. The Balaban J connectivity index is 1.81. The summed E-state index contributed by atoms with van der Waals surface area (Å²) in [5.41, 5.74) is 1.79. The fraction of sp³-hybridized carbons (Fsp3) is 0.0625. The van der Waals surface area contributed by atoms with Crippen LogP contribution in [0.15, 0.2) is 59.2 Å². The first-order valence-electron chi connectivity index (χ1n) is 6.61. The zero-order valence-electron chi connectivity index (χ0n) is 11.8. The lowest BCUT2D eigenvalue weighted by Gasteiger charge is -2.04. The Morgan fingerprint density at radius 1 is 1.05 bits per heavy atom. The second kappa shape index (κ2) is 6.09. The van der Waals surface area contributed by atoms with Crippen LogP contribution in [0.2, 0.25) is 0 Å². The quantitative estimate of drug-likeness (QED) is 0.800. The summed E-state index contributed by atoms with van der Waals surface area (Å²) in [5.74, 6) is 0.673. The van der Waals surface area contributed by atoms with Gasteiger partial charge >= 0.3 is 0 Å². The molecule has 6 heteroatoms. The largest absolute Gasteiger partial charge is 0.497 e. The van der Waals surface area contributed by atoms with Gasteiger partial charge < -0.3 is 10.1 Å². The van der Waals surface area contributed by atoms with E-state index in [2.05, 4.69) is 15.6 Å². The predicted molar refractivity (Wildman–Crippen MR) is 80.7 cm³/mol. The number of nitrogens with one attached hydrogen (secondary N) is 1. The fourth-order valence-corrected chi connectivity index (χ4v) is 1.98. The van der Waals surface area contributed by atoms with Crippen LogP contribution < -0.4 is 10.1 Å². The van der Waals surface area contributed by atoms with Crippen molar-refractivity contribution >= 4 is 11.7 Å². The SMILES string of the molecule is COc1ccc(C(=O)Nc2nonc2-c2ccccc2)cc1. The summed E-state index contributed by atoms with van der Waals surface area (Å²) in [6.07, 6.45) is 0. The van der Waals surface area contributed by atoms with E-state index in [0.29, 0.717) is 17.0 Å². The number of nitrogens with zero attached hydrogens (tertiary/aromatic N) is 2. The highest BCUT2D eigenvalue weighted by Gasteiger charge is 2.15. The monoisotopic (exact) mass is 295 g/mol. The van der Waals surface area contributed by atoms with Crippen LogP contribution in [0.1, 0.15) is 10.4 Å². The highest BCUT2D eigenvalue weighted by atomic mass is 16.6. The lowest BCUT2D eigenvalue weighted by atomic mass is 10.1. The predicted octanol–water partition coefficient (Wildman–Crippen LogP) is 3.00. The maximum Gasteiger partial charge on any atom is 0.256 e. The van der Waals surface area contributed by atoms with Crippen molar-refractivity contribution in [1.82, 2.24) is 10.3 Å². The van der Waals surface area contributed by atoms with Crippen molar-refractivity contribution < 1.29 is 14.2 Å². The smallest absolute Gasteiger partial charge is 0.256 e. The van der Waals surface area contributed by atoms with Gasteiger partial charge in [-0.15, -0.1) is 0 Å². The molecule has 1 N–H and O–H groups in total. The molecule has 1 aromatic heterocycles. The molecule has 0 spiro atoms. The Morgan fingerprint density at radius 3 is 2.45 bits per heavy atom. The van der Waals surface area contributed by atoms with E-state index < -0.39 is 0 Å². The van der Waals surface area contributed by atoms with E-state index in [1.165, 1.54) is 0 Å². The van der Waals surface area contributed by atoms with Gasteiger partial charge in [0.15, 0.2) is 5.69 Å². The molecule has 0 saturated heterocycles. The number of benzene rings is 2. The summed E-state index contributed by atoms with van der Waals surface area (Å²) in [6.45, 7) is 0. The molecule has 0 atom stereocenters. The normalized spacial score (nSPS) is 10.2. The highest BCUT2D eigenvalue weighted by Crippen LogP contribution is 2.24. The average Bonchev–Trinajstić information content (AvgIpc) is 3.04. The zero-order valence-corrected chi connectivity index (χ0v) is 11.8. The Kier molecular flexibility index (Phi) is 3.82. The number of hydrogen-bond donors (Lipinski definition) is 1. The summed E-state index contributed by atoms with van der Waals surface area (Å²) >= 11 is 0. The Labute approximate surface area is 126 Å². The molecule has 0 aliphatic carbocycles.